The average Bonchev–Trinajstić information content (AvgIpc) is 2.27. The van der Waals surface area contributed by atoms with Crippen LogP contribution in [0, 0.1) is 10.1 Å². The molecule has 18 heavy (non-hydrogen) atoms. The molecule has 2 rings (SSSR count). The van der Waals surface area contributed by atoms with E-state index in [0.717, 1.165) is 0 Å². The smallest absolute Gasteiger partial charge is 0.258 e. The van der Waals surface area contributed by atoms with Crippen molar-refractivity contribution >= 4 is 40.5 Å². The van der Waals surface area contributed by atoms with Gasteiger partial charge in [-0.25, -0.2) is 4.98 Å². The molecule has 0 saturated carbocycles. The lowest BCUT2D eigenvalue weighted by Gasteiger charge is -2.03. The Kier molecular flexibility index (Phi) is 3.71. The fourth-order valence-corrected chi connectivity index (χ4v) is 2.14. The third kappa shape index (κ3) is 2.72. The minimum Gasteiger partial charge on any atom is -0.258 e. The molecule has 7 heteroatoms. The summed E-state index contributed by atoms with van der Waals surface area (Å²) in [5, 5.41) is 11.5. The largest absolute Gasteiger partial charge is 0.307 e. The maximum absolute atomic E-state index is 10.8. The number of rotatable bonds is 2. The van der Waals surface area contributed by atoms with E-state index < -0.39 is 4.92 Å². The predicted molar refractivity (Wildman–Crippen MR) is 71.4 cm³/mol. The van der Waals surface area contributed by atoms with Gasteiger partial charge in [0.15, 0.2) is 0 Å². The summed E-state index contributed by atoms with van der Waals surface area (Å²) in [5.41, 5.74) is 0.903. The van der Waals surface area contributed by atoms with Gasteiger partial charge >= 0.3 is 5.69 Å². The molecule has 0 fully saturated rings. The number of halogens is 3. The van der Waals surface area contributed by atoms with Crippen LogP contribution in [0.4, 0.5) is 5.69 Å². The molecule has 0 N–H and O–H groups in total. The zero-order valence-electron chi connectivity index (χ0n) is 8.73. The zero-order chi connectivity index (χ0) is 13.3. The van der Waals surface area contributed by atoms with Crippen molar-refractivity contribution in [3.8, 4) is 11.1 Å². The molecular formula is C11H5Cl3N2O2. The first-order valence-electron chi connectivity index (χ1n) is 4.74. The number of hydrogen-bond acceptors (Lipinski definition) is 3. The highest BCUT2D eigenvalue weighted by Gasteiger charge is 2.15. The first-order valence-corrected chi connectivity index (χ1v) is 5.87. The van der Waals surface area contributed by atoms with Crippen molar-refractivity contribution in [3.63, 3.8) is 0 Å². The van der Waals surface area contributed by atoms with Crippen molar-refractivity contribution < 1.29 is 4.92 Å². The Labute approximate surface area is 117 Å². The van der Waals surface area contributed by atoms with Gasteiger partial charge in [0.2, 0.25) is 5.15 Å². The van der Waals surface area contributed by atoms with Crippen LogP contribution in [0.2, 0.25) is 15.2 Å². The first kappa shape index (κ1) is 13.1. The van der Waals surface area contributed by atoms with Gasteiger partial charge in [0.05, 0.1) is 4.92 Å². The number of hydrogen-bond donors (Lipinski definition) is 0. The second kappa shape index (κ2) is 5.10. The molecule has 0 aliphatic heterocycles. The van der Waals surface area contributed by atoms with E-state index in [1.807, 2.05) is 0 Å². The van der Waals surface area contributed by atoms with Crippen LogP contribution in [-0.4, -0.2) is 9.91 Å². The lowest BCUT2D eigenvalue weighted by molar-refractivity contribution is -0.385. The molecule has 0 unspecified atom stereocenters. The Morgan fingerprint density at radius 3 is 2.17 bits per heavy atom. The van der Waals surface area contributed by atoms with Crippen LogP contribution >= 0.6 is 34.8 Å². The van der Waals surface area contributed by atoms with Crippen LogP contribution in [-0.2, 0) is 0 Å². The number of nitro groups is 1. The molecule has 1 heterocycles. The fourth-order valence-electron chi connectivity index (χ4n) is 1.44. The van der Waals surface area contributed by atoms with Crippen LogP contribution < -0.4 is 0 Å². The van der Waals surface area contributed by atoms with E-state index in [1.54, 1.807) is 18.2 Å². The Morgan fingerprint density at radius 1 is 1.00 bits per heavy atom. The van der Waals surface area contributed by atoms with Crippen LogP contribution in [0.15, 0.2) is 30.5 Å². The molecule has 0 spiro atoms. The fraction of sp³-hybridized carbons (Fsp3) is 0. The molecule has 0 saturated heterocycles. The third-order valence-corrected chi connectivity index (χ3v) is 2.94. The normalized spacial score (nSPS) is 10.4. The van der Waals surface area contributed by atoms with Gasteiger partial charge in [-0.3, -0.25) is 10.1 Å². The van der Waals surface area contributed by atoms with Gasteiger partial charge in [-0.15, -0.1) is 0 Å². The summed E-state index contributed by atoms with van der Waals surface area (Å²) in [6.07, 6.45) is 1.43. The number of pyridine rings is 1. The van der Waals surface area contributed by atoms with Crippen LogP contribution in [0.25, 0.3) is 11.1 Å². The highest BCUT2D eigenvalue weighted by atomic mass is 35.5. The van der Waals surface area contributed by atoms with Gasteiger partial charge in [-0.2, -0.15) is 0 Å². The second-order valence-corrected chi connectivity index (χ2v) is 4.68. The quantitative estimate of drug-likeness (QED) is 0.462. The maximum atomic E-state index is 10.8. The van der Waals surface area contributed by atoms with E-state index in [0.29, 0.717) is 21.2 Å². The predicted octanol–water partition coefficient (Wildman–Crippen LogP) is 4.62. The second-order valence-electron chi connectivity index (χ2n) is 3.45. The summed E-state index contributed by atoms with van der Waals surface area (Å²) in [5.74, 6) is 0. The molecule has 0 amide bonds. The molecule has 0 atom stereocenters. The van der Waals surface area contributed by atoms with Crippen LogP contribution in [0.1, 0.15) is 0 Å². The topological polar surface area (TPSA) is 56.0 Å². The SMILES string of the molecule is O=[N+]([O-])c1cc(-c2cc(Cl)cc(Cl)c2)cnc1Cl. The monoisotopic (exact) mass is 302 g/mol. The van der Waals surface area contributed by atoms with E-state index in [9.17, 15) is 10.1 Å². The summed E-state index contributed by atoms with van der Waals surface area (Å²) in [7, 11) is 0. The van der Waals surface area contributed by atoms with Crippen LogP contribution in [0.3, 0.4) is 0 Å². The van der Waals surface area contributed by atoms with Gasteiger partial charge in [0.25, 0.3) is 0 Å². The third-order valence-electron chi connectivity index (χ3n) is 2.21. The van der Waals surface area contributed by atoms with Crippen molar-refractivity contribution in [1.82, 2.24) is 4.98 Å². The summed E-state index contributed by atoms with van der Waals surface area (Å²) >= 11 is 17.4. The van der Waals surface area contributed by atoms with E-state index in [4.69, 9.17) is 34.8 Å². The number of aromatic nitrogens is 1. The average molecular weight is 304 g/mol. The molecule has 2 aromatic rings. The molecular weight excluding hydrogens is 298 g/mol. The van der Waals surface area contributed by atoms with Crippen molar-refractivity contribution in [2.24, 2.45) is 0 Å². The summed E-state index contributed by atoms with van der Waals surface area (Å²) in [6, 6.07) is 6.19. The Balaban J connectivity index is 2.57. The van der Waals surface area contributed by atoms with Gasteiger partial charge in [-0.1, -0.05) is 34.8 Å². The lowest BCUT2D eigenvalue weighted by Crippen LogP contribution is -1.92. The maximum Gasteiger partial charge on any atom is 0.307 e. The van der Waals surface area contributed by atoms with Crippen molar-refractivity contribution in [2.75, 3.05) is 0 Å². The van der Waals surface area contributed by atoms with E-state index in [2.05, 4.69) is 4.98 Å². The zero-order valence-corrected chi connectivity index (χ0v) is 11.0. The lowest BCUT2D eigenvalue weighted by atomic mass is 10.1. The van der Waals surface area contributed by atoms with Crippen molar-refractivity contribution in [1.29, 1.82) is 0 Å². The summed E-state index contributed by atoms with van der Waals surface area (Å²) in [6.45, 7) is 0. The minimum atomic E-state index is -0.592. The van der Waals surface area contributed by atoms with Crippen molar-refractivity contribution in [3.05, 3.63) is 55.8 Å². The Hall–Kier alpha value is -1.36. The molecule has 1 aromatic heterocycles. The minimum absolute atomic E-state index is 0.156. The Bertz CT molecular complexity index is 611. The van der Waals surface area contributed by atoms with Gasteiger partial charge in [0.1, 0.15) is 0 Å². The molecule has 4 nitrogen and oxygen atoms in total. The number of benzene rings is 1. The molecule has 92 valence electrons. The van der Waals surface area contributed by atoms with E-state index in [-0.39, 0.29) is 10.8 Å². The molecule has 0 aliphatic carbocycles. The van der Waals surface area contributed by atoms with Gasteiger partial charge < -0.3 is 0 Å². The molecule has 1 aromatic carbocycles. The van der Waals surface area contributed by atoms with Gasteiger partial charge in [-0.05, 0) is 23.8 Å². The van der Waals surface area contributed by atoms with E-state index in [1.165, 1.54) is 12.3 Å². The van der Waals surface area contributed by atoms with Crippen molar-refractivity contribution in [2.45, 2.75) is 0 Å². The standard InChI is InChI=1S/C11H5Cl3N2O2/c12-8-1-6(2-9(13)4-8)7-3-10(16(17)18)11(14)15-5-7/h1-5H. The van der Waals surface area contributed by atoms with E-state index >= 15 is 0 Å². The number of nitrogens with zero attached hydrogens (tertiary/aromatic N) is 2. The van der Waals surface area contributed by atoms with Crippen LogP contribution in [0.5, 0.6) is 0 Å². The molecule has 0 aliphatic rings. The molecule has 0 bridgehead atoms. The molecule has 0 radical (unpaired) electrons. The highest BCUT2D eigenvalue weighted by Crippen LogP contribution is 2.31. The highest BCUT2D eigenvalue weighted by molar-refractivity contribution is 6.35. The first-order chi connectivity index (χ1) is 8.47. The summed E-state index contributed by atoms with van der Waals surface area (Å²) in [4.78, 5) is 13.9. The summed E-state index contributed by atoms with van der Waals surface area (Å²) < 4.78 is 0. The van der Waals surface area contributed by atoms with Gasteiger partial charge in [0, 0.05) is 27.9 Å². The Morgan fingerprint density at radius 2 is 1.61 bits per heavy atom.